The van der Waals surface area contributed by atoms with Crippen LogP contribution in [0.2, 0.25) is 0 Å². The Bertz CT molecular complexity index is 363. The summed E-state index contributed by atoms with van der Waals surface area (Å²) in [5.74, 6) is 0. The molecule has 0 aliphatic heterocycles. The van der Waals surface area contributed by atoms with Crippen LogP contribution in [-0.2, 0) is 29.6 Å². The van der Waals surface area contributed by atoms with Crippen LogP contribution in [0.5, 0.6) is 0 Å². The first-order valence-corrected chi connectivity index (χ1v) is 4.28. The third-order valence-electron chi connectivity index (χ3n) is 1.20. The van der Waals surface area contributed by atoms with E-state index in [-0.39, 0.29) is 30.1 Å². The van der Waals surface area contributed by atoms with Crippen molar-refractivity contribution in [1.82, 2.24) is 0 Å². The summed E-state index contributed by atoms with van der Waals surface area (Å²) in [7, 11) is -4.16. The molecule has 0 amide bonds. The van der Waals surface area contributed by atoms with Crippen molar-refractivity contribution < 1.29 is 32.4 Å². The van der Waals surface area contributed by atoms with Crippen LogP contribution in [0.4, 0.5) is 5.69 Å². The van der Waals surface area contributed by atoms with Crippen molar-refractivity contribution in [3.8, 4) is 0 Å². The van der Waals surface area contributed by atoms with Crippen LogP contribution < -0.4 is 5.73 Å². The van der Waals surface area contributed by atoms with Gasteiger partial charge in [-0.2, -0.15) is 8.42 Å². The summed E-state index contributed by atoms with van der Waals surface area (Å²) in [5, 5.41) is 0. The zero-order chi connectivity index (χ0) is 8.48. The average Bonchev–Trinajstić information content (AvgIpc) is 1.86. The van der Waals surface area contributed by atoms with Gasteiger partial charge in [0.15, 0.2) is 0 Å². The minimum atomic E-state index is -4.16. The summed E-state index contributed by atoms with van der Waals surface area (Å²) in [6.07, 6.45) is 0. The maximum absolute atomic E-state index is 10.5. The molecule has 0 aliphatic rings. The van der Waals surface area contributed by atoms with Gasteiger partial charge in [0.25, 0.3) is 10.1 Å². The van der Waals surface area contributed by atoms with E-state index < -0.39 is 10.1 Å². The second kappa shape index (κ2) is 3.98. The number of nitrogens with two attached hydrogens (primary N) is 1. The number of rotatable bonds is 1. The van der Waals surface area contributed by atoms with Gasteiger partial charge in [0.2, 0.25) is 0 Å². The Balaban J connectivity index is 0.00000121. The molecule has 4 nitrogen and oxygen atoms in total. The summed E-state index contributed by atoms with van der Waals surface area (Å²) in [5.41, 5.74) is 5.32. The van der Waals surface area contributed by atoms with E-state index in [1.165, 1.54) is 18.2 Å². The second-order valence-electron chi connectivity index (χ2n) is 2.01. The average molecular weight is 239 g/mol. The zero-order valence-corrected chi connectivity index (χ0v) is 10.0. The Labute approximate surface area is 83.3 Å². The quantitative estimate of drug-likeness (QED) is 0.424. The fourth-order valence-corrected chi connectivity index (χ4v) is 1.33. The summed E-state index contributed by atoms with van der Waals surface area (Å²) in [6.45, 7) is 0. The summed E-state index contributed by atoms with van der Waals surface area (Å²) >= 11 is 0. The first-order valence-electron chi connectivity index (χ1n) is 2.84. The second-order valence-corrected chi connectivity index (χ2v) is 3.40. The molecule has 62 valence electrons. The van der Waals surface area contributed by atoms with Gasteiger partial charge >= 0.3 is 0 Å². The smallest absolute Gasteiger partial charge is 0.296 e. The first-order chi connectivity index (χ1) is 5.02. The molecule has 0 atom stereocenters. The van der Waals surface area contributed by atoms with Crippen LogP contribution >= 0.6 is 0 Å². The van der Waals surface area contributed by atoms with Gasteiger partial charge in [-0.1, -0.05) is 12.1 Å². The molecule has 1 rings (SSSR count). The van der Waals surface area contributed by atoms with Crippen molar-refractivity contribution in [3.05, 3.63) is 24.3 Å². The number of hydrogen-bond donors (Lipinski definition) is 2. The Morgan fingerprint density at radius 2 is 1.75 bits per heavy atom. The van der Waals surface area contributed by atoms with E-state index in [4.69, 9.17) is 10.3 Å². The van der Waals surface area contributed by atoms with Crippen molar-refractivity contribution in [1.29, 1.82) is 0 Å². The number of anilines is 1. The normalized spacial score (nSPS) is 10.4. The van der Waals surface area contributed by atoms with Crippen LogP contribution in [-0.4, -0.2) is 13.0 Å². The molecule has 6 heteroatoms. The molecule has 0 radical (unpaired) electrons. The molecular weight excluding hydrogens is 232 g/mol. The molecule has 3 N–H and O–H groups in total. The third kappa shape index (κ3) is 2.55. The topological polar surface area (TPSA) is 80.4 Å². The van der Waals surface area contributed by atoms with Gasteiger partial charge in [0, 0.05) is 19.5 Å². The van der Waals surface area contributed by atoms with E-state index in [1.807, 2.05) is 0 Å². The van der Waals surface area contributed by atoms with E-state index in [9.17, 15) is 8.42 Å². The maximum Gasteiger partial charge on any atom is 0.296 e. The van der Waals surface area contributed by atoms with Gasteiger partial charge in [-0.3, -0.25) is 4.55 Å². The molecule has 0 saturated heterocycles. The molecule has 12 heavy (non-hydrogen) atoms. The Morgan fingerprint density at radius 1 is 1.25 bits per heavy atom. The van der Waals surface area contributed by atoms with Crippen LogP contribution in [0.3, 0.4) is 0 Å². The predicted octanol–water partition coefficient (Wildman–Crippen LogP) is 0.513. The van der Waals surface area contributed by atoms with Gasteiger partial charge in [-0.05, 0) is 12.1 Å². The predicted molar refractivity (Wildman–Crippen MR) is 40.7 cm³/mol. The maximum atomic E-state index is 10.5. The minimum absolute atomic E-state index is 0. The van der Waals surface area contributed by atoms with Crippen LogP contribution in [0.1, 0.15) is 0 Å². The van der Waals surface area contributed by atoms with E-state index >= 15 is 0 Å². The molecule has 1 aromatic carbocycles. The zero-order valence-electron chi connectivity index (χ0n) is 6.27. The molecule has 0 fully saturated rings. The van der Waals surface area contributed by atoms with E-state index in [0.717, 1.165) is 0 Å². The van der Waals surface area contributed by atoms with Crippen LogP contribution in [0.25, 0.3) is 0 Å². The molecule has 0 unspecified atom stereocenters. The van der Waals surface area contributed by atoms with Gasteiger partial charge in [0.1, 0.15) is 4.90 Å². The van der Waals surface area contributed by atoms with Gasteiger partial charge in [0.05, 0.1) is 5.69 Å². The molecule has 0 bridgehead atoms. The van der Waals surface area contributed by atoms with E-state index in [1.54, 1.807) is 6.07 Å². The minimum Gasteiger partial charge on any atom is -0.398 e. The van der Waals surface area contributed by atoms with Crippen LogP contribution in [0.15, 0.2) is 29.2 Å². The van der Waals surface area contributed by atoms with Crippen molar-refractivity contribution in [2.24, 2.45) is 0 Å². The summed E-state index contributed by atoms with van der Waals surface area (Å²) in [6, 6.07) is 5.72. The SMILES string of the molecule is Nc1ccccc1S(=O)(=O)O.[Zn]. The molecule has 0 aliphatic carbocycles. The standard InChI is InChI=1S/C6H7NO3S.Zn/c7-5-3-1-2-4-6(5)11(8,9)10;/h1-4H,7H2,(H,8,9,10);. The van der Waals surface area contributed by atoms with Crippen molar-refractivity contribution in [3.63, 3.8) is 0 Å². The Morgan fingerprint density at radius 3 is 2.08 bits per heavy atom. The van der Waals surface area contributed by atoms with Gasteiger partial charge in [-0.15, -0.1) is 0 Å². The number of hydrogen-bond acceptors (Lipinski definition) is 3. The third-order valence-corrected chi connectivity index (χ3v) is 2.12. The fraction of sp³-hybridized carbons (Fsp3) is 0. The molecule has 1 aromatic rings. The monoisotopic (exact) mass is 237 g/mol. The number of nitrogen functional groups attached to an aromatic ring is 1. The van der Waals surface area contributed by atoms with E-state index in [0.29, 0.717) is 0 Å². The summed E-state index contributed by atoms with van der Waals surface area (Å²) < 4.78 is 29.6. The summed E-state index contributed by atoms with van der Waals surface area (Å²) in [4.78, 5) is -0.250. The van der Waals surface area contributed by atoms with Gasteiger partial charge < -0.3 is 5.73 Å². The number of benzene rings is 1. The number of para-hydroxylation sites is 1. The van der Waals surface area contributed by atoms with Crippen LogP contribution in [0, 0.1) is 0 Å². The molecule has 0 spiro atoms. The Hall–Kier alpha value is -0.447. The Kier molecular flexibility index (Phi) is 3.83. The van der Waals surface area contributed by atoms with E-state index in [2.05, 4.69) is 0 Å². The van der Waals surface area contributed by atoms with Crippen molar-refractivity contribution in [2.45, 2.75) is 4.90 Å². The molecular formula is C6H7NO3SZn. The fourth-order valence-electron chi connectivity index (χ4n) is 0.715. The van der Waals surface area contributed by atoms with Crippen molar-refractivity contribution >= 4 is 15.8 Å². The van der Waals surface area contributed by atoms with Gasteiger partial charge in [-0.25, -0.2) is 0 Å². The first kappa shape index (κ1) is 11.6. The molecule has 0 heterocycles. The largest absolute Gasteiger partial charge is 0.398 e. The van der Waals surface area contributed by atoms with Crippen molar-refractivity contribution in [2.75, 3.05) is 5.73 Å². The molecule has 0 saturated carbocycles. The molecule has 0 aromatic heterocycles.